The van der Waals surface area contributed by atoms with E-state index in [0.29, 0.717) is 6.04 Å². The van der Waals surface area contributed by atoms with E-state index in [2.05, 4.69) is 48.2 Å². The summed E-state index contributed by atoms with van der Waals surface area (Å²) in [7, 11) is 2.20. The number of rotatable bonds is 9. The van der Waals surface area contributed by atoms with Crippen LogP contribution in [0.5, 0.6) is 0 Å². The predicted octanol–water partition coefficient (Wildman–Crippen LogP) is 2.33. The van der Waals surface area contributed by atoms with E-state index in [9.17, 15) is 0 Å². The lowest BCUT2D eigenvalue weighted by molar-refractivity contribution is 0.320. The molecule has 3 heteroatoms. The standard InChI is InChI=1S/C15H27N3/c1-4-16-14(2)8-7-12-18(3)13-10-15-9-5-6-11-17-15/h5-6,9,11,14,16H,4,7-8,10,12-13H2,1-3H3. The van der Waals surface area contributed by atoms with Crippen molar-refractivity contribution in [2.75, 3.05) is 26.7 Å². The quantitative estimate of drug-likeness (QED) is 0.728. The molecule has 0 spiro atoms. The van der Waals surface area contributed by atoms with Gasteiger partial charge in [-0.05, 0) is 52.0 Å². The van der Waals surface area contributed by atoms with Gasteiger partial charge in [0, 0.05) is 30.9 Å². The molecule has 0 bridgehead atoms. The van der Waals surface area contributed by atoms with Crippen LogP contribution in [0.4, 0.5) is 0 Å². The van der Waals surface area contributed by atoms with E-state index in [4.69, 9.17) is 0 Å². The van der Waals surface area contributed by atoms with Crippen LogP contribution in [-0.2, 0) is 6.42 Å². The lowest BCUT2D eigenvalue weighted by Gasteiger charge is -2.18. The van der Waals surface area contributed by atoms with Crippen LogP contribution in [0.2, 0.25) is 0 Å². The van der Waals surface area contributed by atoms with Crippen molar-refractivity contribution < 1.29 is 0 Å². The van der Waals surface area contributed by atoms with Gasteiger partial charge in [0.05, 0.1) is 0 Å². The number of nitrogens with zero attached hydrogens (tertiary/aromatic N) is 2. The molecule has 0 aliphatic heterocycles. The summed E-state index contributed by atoms with van der Waals surface area (Å²) in [6.07, 6.45) is 5.42. The zero-order chi connectivity index (χ0) is 13.2. The minimum atomic E-state index is 0.638. The summed E-state index contributed by atoms with van der Waals surface area (Å²) < 4.78 is 0. The topological polar surface area (TPSA) is 28.2 Å². The average molecular weight is 249 g/mol. The maximum Gasteiger partial charge on any atom is 0.0416 e. The second-order valence-electron chi connectivity index (χ2n) is 4.98. The molecule has 1 aromatic heterocycles. The Bertz CT molecular complexity index is 300. The molecule has 0 fully saturated rings. The molecule has 0 amide bonds. The monoisotopic (exact) mass is 249 g/mol. The first kappa shape index (κ1) is 15.1. The molecule has 0 saturated carbocycles. The van der Waals surface area contributed by atoms with Gasteiger partial charge in [-0.25, -0.2) is 0 Å². The number of aromatic nitrogens is 1. The third-order valence-electron chi connectivity index (χ3n) is 3.21. The van der Waals surface area contributed by atoms with E-state index in [-0.39, 0.29) is 0 Å². The Kier molecular flexibility index (Phi) is 7.62. The van der Waals surface area contributed by atoms with Crippen molar-refractivity contribution in [2.45, 2.75) is 39.2 Å². The molecule has 1 atom stereocenters. The van der Waals surface area contributed by atoms with Crippen LogP contribution in [0.15, 0.2) is 24.4 Å². The normalized spacial score (nSPS) is 12.9. The highest BCUT2D eigenvalue weighted by Crippen LogP contribution is 2.00. The van der Waals surface area contributed by atoms with E-state index in [1.54, 1.807) is 0 Å². The number of pyridine rings is 1. The largest absolute Gasteiger partial charge is 0.315 e. The average Bonchev–Trinajstić information content (AvgIpc) is 2.38. The van der Waals surface area contributed by atoms with Gasteiger partial charge in [0.2, 0.25) is 0 Å². The smallest absolute Gasteiger partial charge is 0.0416 e. The number of likely N-dealkylation sites (N-methyl/N-ethyl adjacent to an activating group) is 1. The van der Waals surface area contributed by atoms with E-state index in [0.717, 1.165) is 19.5 Å². The molecule has 1 rings (SSSR count). The fourth-order valence-electron chi connectivity index (χ4n) is 2.08. The van der Waals surface area contributed by atoms with Crippen molar-refractivity contribution in [1.82, 2.24) is 15.2 Å². The maximum atomic E-state index is 4.35. The molecule has 0 saturated heterocycles. The third kappa shape index (κ3) is 6.72. The molecular formula is C15H27N3. The van der Waals surface area contributed by atoms with Crippen molar-refractivity contribution in [3.63, 3.8) is 0 Å². The van der Waals surface area contributed by atoms with Gasteiger partial charge in [0.1, 0.15) is 0 Å². The summed E-state index contributed by atoms with van der Waals surface area (Å²) in [5, 5.41) is 3.45. The lowest BCUT2D eigenvalue weighted by atomic mass is 10.1. The van der Waals surface area contributed by atoms with Gasteiger partial charge in [-0.15, -0.1) is 0 Å². The second kappa shape index (κ2) is 9.06. The summed E-state index contributed by atoms with van der Waals surface area (Å²) in [6, 6.07) is 6.76. The van der Waals surface area contributed by atoms with Crippen LogP contribution >= 0.6 is 0 Å². The molecule has 0 aromatic carbocycles. The van der Waals surface area contributed by atoms with Crippen LogP contribution < -0.4 is 5.32 Å². The minimum absolute atomic E-state index is 0.638. The number of hydrogen-bond acceptors (Lipinski definition) is 3. The summed E-state index contributed by atoms with van der Waals surface area (Å²) >= 11 is 0. The van der Waals surface area contributed by atoms with Gasteiger partial charge in [0.25, 0.3) is 0 Å². The molecule has 0 aliphatic carbocycles. The number of hydrogen-bond donors (Lipinski definition) is 1. The van der Waals surface area contributed by atoms with Crippen LogP contribution in [-0.4, -0.2) is 42.6 Å². The Morgan fingerprint density at radius 1 is 1.33 bits per heavy atom. The first-order valence-electron chi connectivity index (χ1n) is 7.04. The van der Waals surface area contributed by atoms with Crippen molar-refractivity contribution >= 4 is 0 Å². The summed E-state index contributed by atoms with van der Waals surface area (Å²) in [5.74, 6) is 0. The molecule has 0 radical (unpaired) electrons. The number of nitrogens with one attached hydrogen (secondary N) is 1. The summed E-state index contributed by atoms with van der Waals surface area (Å²) in [6.45, 7) is 7.75. The van der Waals surface area contributed by atoms with Crippen molar-refractivity contribution in [1.29, 1.82) is 0 Å². The molecule has 3 nitrogen and oxygen atoms in total. The van der Waals surface area contributed by atoms with Gasteiger partial charge in [-0.3, -0.25) is 4.98 Å². The van der Waals surface area contributed by atoms with Crippen LogP contribution in [0.1, 0.15) is 32.4 Å². The van der Waals surface area contributed by atoms with E-state index < -0.39 is 0 Å². The van der Waals surface area contributed by atoms with Crippen LogP contribution in [0, 0.1) is 0 Å². The van der Waals surface area contributed by atoms with Gasteiger partial charge < -0.3 is 10.2 Å². The Balaban J connectivity index is 2.09. The fourth-order valence-corrected chi connectivity index (χ4v) is 2.08. The Morgan fingerprint density at radius 3 is 2.83 bits per heavy atom. The van der Waals surface area contributed by atoms with E-state index in [1.807, 2.05) is 12.3 Å². The maximum absolute atomic E-state index is 4.35. The second-order valence-corrected chi connectivity index (χ2v) is 4.98. The lowest BCUT2D eigenvalue weighted by Crippen LogP contribution is -2.28. The minimum Gasteiger partial charge on any atom is -0.315 e. The SMILES string of the molecule is CCNC(C)CCCN(C)CCc1ccccn1. The van der Waals surface area contributed by atoms with Gasteiger partial charge in [0.15, 0.2) is 0 Å². The van der Waals surface area contributed by atoms with Crippen molar-refractivity contribution in [2.24, 2.45) is 0 Å². The fraction of sp³-hybridized carbons (Fsp3) is 0.667. The molecule has 0 aliphatic rings. The molecule has 1 N–H and O–H groups in total. The van der Waals surface area contributed by atoms with Gasteiger partial charge in [-0.1, -0.05) is 13.0 Å². The Labute approximate surface area is 112 Å². The van der Waals surface area contributed by atoms with Crippen LogP contribution in [0.25, 0.3) is 0 Å². The van der Waals surface area contributed by atoms with Crippen LogP contribution in [0.3, 0.4) is 0 Å². The Hall–Kier alpha value is -0.930. The summed E-state index contributed by atoms with van der Waals surface area (Å²) in [4.78, 5) is 6.74. The molecular weight excluding hydrogens is 222 g/mol. The molecule has 1 heterocycles. The van der Waals surface area contributed by atoms with Crippen molar-refractivity contribution in [3.05, 3.63) is 30.1 Å². The highest BCUT2D eigenvalue weighted by molar-refractivity contribution is 5.03. The first-order chi connectivity index (χ1) is 8.72. The zero-order valence-corrected chi connectivity index (χ0v) is 12.0. The van der Waals surface area contributed by atoms with Gasteiger partial charge in [-0.2, -0.15) is 0 Å². The molecule has 1 unspecified atom stereocenters. The highest BCUT2D eigenvalue weighted by atomic mass is 15.1. The zero-order valence-electron chi connectivity index (χ0n) is 12.0. The van der Waals surface area contributed by atoms with E-state index >= 15 is 0 Å². The molecule has 1 aromatic rings. The summed E-state index contributed by atoms with van der Waals surface area (Å²) in [5.41, 5.74) is 1.19. The third-order valence-corrected chi connectivity index (χ3v) is 3.21. The van der Waals surface area contributed by atoms with Gasteiger partial charge >= 0.3 is 0 Å². The highest BCUT2D eigenvalue weighted by Gasteiger charge is 2.03. The Morgan fingerprint density at radius 2 is 2.17 bits per heavy atom. The molecule has 102 valence electrons. The first-order valence-corrected chi connectivity index (χ1v) is 7.04. The molecule has 18 heavy (non-hydrogen) atoms. The van der Waals surface area contributed by atoms with E-state index in [1.165, 1.54) is 25.1 Å². The van der Waals surface area contributed by atoms with Crippen molar-refractivity contribution in [3.8, 4) is 0 Å². The predicted molar refractivity (Wildman–Crippen MR) is 77.8 cm³/mol.